The van der Waals surface area contributed by atoms with Crippen LogP contribution >= 0.6 is 0 Å². The number of aryl methyl sites for hydroxylation is 1. The van der Waals surface area contributed by atoms with Gasteiger partial charge < -0.3 is 15.0 Å². The van der Waals surface area contributed by atoms with Crippen molar-refractivity contribution >= 4 is 22.8 Å². The Bertz CT molecular complexity index is 831. The Labute approximate surface area is 147 Å². The number of likely N-dealkylation sites (tertiary alicyclic amines) is 1. The first kappa shape index (κ1) is 16.2. The third-order valence-corrected chi connectivity index (χ3v) is 5.81. The van der Waals surface area contributed by atoms with Crippen molar-refractivity contribution in [1.29, 1.82) is 0 Å². The summed E-state index contributed by atoms with van der Waals surface area (Å²) >= 11 is 0. The number of aromatic amines is 1. The van der Waals surface area contributed by atoms with Crippen LogP contribution in [-0.2, 0) is 17.6 Å². The van der Waals surface area contributed by atoms with Crippen LogP contribution in [0.4, 0.5) is 0 Å². The molecule has 2 aliphatic rings. The SMILES string of the molecule is C[C@@H]1CCc2[nH]c3ccc(C(=O)N4CCC(C(=O)O)CC4)cc3c2C1. The summed E-state index contributed by atoms with van der Waals surface area (Å²) in [5.41, 5.74) is 4.51. The van der Waals surface area contributed by atoms with E-state index in [0.29, 0.717) is 37.4 Å². The Morgan fingerprint density at radius 3 is 2.68 bits per heavy atom. The van der Waals surface area contributed by atoms with Gasteiger partial charge in [-0.2, -0.15) is 0 Å². The van der Waals surface area contributed by atoms with Crippen LogP contribution < -0.4 is 0 Å². The highest BCUT2D eigenvalue weighted by Gasteiger charge is 2.28. The zero-order valence-corrected chi connectivity index (χ0v) is 14.5. The summed E-state index contributed by atoms with van der Waals surface area (Å²) in [6.45, 7) is 3.33. The predicted molar refractivity (Wildman–Crippen MR) is 95.8 cm³/mol. The second-order valence-corrected chi connectivity index (χ2v) is 7.60. The Kier molecular flexibility index (Phi) is 4.02. The molecule has 1 fully saturated rings. The number of rotatable bonds is 2. The van der Waals surface area contributed by atoms with Crippen LogP contribution in [0.5, 0.6) is 0 Å². The first-order valence-electron chi connectivity index (χ1n) is 9.18. The number of piperidine rings is 1. The fraction of sp³-hybridized carbons (Fsp3) is 0.500. The van der Waals surface area contributed by atoms with Gasteiger partial charge in [0.2, 0.25) is 0 Å². The van der Waals surface area contributed by atoms with Crippen LogP contribution in [0.25, 0.3) is 10.9 Å². The molecule has 4 rings (SSSR count). The van der Waals surface area contributed by atoms with Crippen molar-refractivity contribution in [2.75, 3.05) is 13.1 Å². The molecule has 1 aliphatic heterocycles. The molecule has 0 saturated carbocycles. The van der Waals surface area contributed by atoms with Gasteiger partial charge in [-0.15, -0.1) is 0 Å². The van der Waals surface area contributed by atoms with Crippen molar-refractivity contribution in [1.82, 2.24) is 9.88 Å². The van der Waals surface area contributed by atoms with Crippen molar-refractivity contribution in [3.05, 3.63) is 35.0 Å². The van der Waals surface area contributed by atoms with Gasteiger partial charge in [-0.3, -0.25) is 9.59 Å². The number of H-pyrrole nitrogens is 1. The van der Waals surface area contributed by atoms with Crippen molar-refractivity contribution in [3.63, 3.8) is 0 Å². The molecule has 2 aromatic rings. The zero-order valence-electron chi connectivity index (χ0n) is 14.5. The maximum absolute atomic E-state index is 12.8. The van der Waals surface area contributed by atoms with Gasteiger partial charge in [-0.05, 0) is 61.8 Å². The van der Waals surface area contributed by atoms with E-state index in [1.165, 1.54) is 23.1 Å². The largest absolute Gasteiger partial charge is 0.481 e. The molecule has 2 N–H and O–H groups in total. The number of nitrogens with one attached hydrogen (secondary N) is 1. The minimum atomic E-state index is -0.749. The quantitative estimate of drug-likeness (QED) is 0.881. The summed E-state index contributed by atoms with van der Waals surface area (Å²) in [6.07, 6.45) is 4.44. The number of carbonyl (C=O) groups is 2. The number of aromatic nitrogens is 1. The minimum Gasteiger partial charge on any atom is -0.481 e. The molecule has 1 aromatic heterocycles. The van der Waals surface area contributed by atoms with Crippen molar-refractivity contribution in [2.24, 2.45) is 11.8 Å². The molecular formula is C20H24N2O3. The summed E-state index contributed by atoms with van der Waals surface area (Å²) in [5, 5.41) is 10.3. The van der Waals surface area contributed by atoms with Crippen molar-refractivity contribution < 1.29 is 14.7 Å². The van der Waals surface area contributed by atoms with Crippen molar-refractivity contribution in [2.45, 2.75) is 39.0 Å². The lowest BCUT2D eigenvalue weighted by atomic mass is 9.87. The number of fused-ring (bicyclic) bond motifs is 3. The van der Waals surface area contributed by atoms with Crippen LogP contribution in [0.2, 0.25) is 0 Å². The number of carboxylic acids is 1. The summed E-state index contributed by atoms with van der Waals surface area (Å²) in [6, 6.07) is 5.92. The Hall–Kier alpha value is -2.30. The van der Waals surface area contributed by atoms with E-state index in [2.05, 4.69) is 11.9 Å². The van der Waals surface area contributed by atoms with E-state index in [0.717, 1.165) is 18.4 Å². The van der Waals surface area contributed by atoms with Gasteiger partial charge in [0.05, 0.1) is 5.92 Å². The molecule has 0 spiro atoms. The molecule has 132 valence electrons. The monoisotopic (exact) mass is 340 g/mol. The molecule has 25 heavy (non-hydrogen) atoms. The van der Waals surface area contributed by atoms with Gasteiger partial charge in [0.15, 0.2) is 0 Å². The Balaban J connectivity index is 1.58. The molecule has 1 atom stereocenters. The molecule has 5 nitrogen and oxygen atoms in total. The molecule has 1 aromatic carbocycles. The third kappa shape index (κ3) is 2.92. The normalized spacial score (nSPS) is 21.3. The van der Waals surface area contributed by atoms with Gasteiger partial charge in [0, 0.05) is 35.2 Å². The minimum absolute atomic E-state index is 0.0181. The molecule has 0 unspecified atom stereocenters. The van der Waals surface area contributed by atoms with E-state index >= 15 is 0 Å². The molecule has 2 heterocycles. The zero-order chi connectivity index (χ0) is 17.6. The van der Waals surface area contributed by atoms with Crippen LogP contribution in [0.3, 0.4) is 0 Å². The van der Waals surface area contributed by atoms with Gasteiger partial charge in [-0.1, -0.05) is 6.92 Å². The number of benzene rings is 1. The number of hydrogen-bond donors (Lipinski definition) is 2. The third-order valence-electron chi connectivity index (χ3n) is 5.81. The highest BCUT2D eigenvalue weighted by Crippen LogP contribution is 2.32. The second-order valence-electron chi connectivity index (χ2n) is 7.60. The molecule has 0 bridgehead atoms. The maximum atomic E-state index is 12.8. The highest BCUT2D eigenvalue weighted by atomic mass is 16.4. The van der Waals surface area contributed by atoms with Crippen LogP contribution in [0, 0.1) is 11.8 Å². The van der Waals surface area contributed by atoms with Crippen molar-refractivity contribution in [3.8, 4) is 0 Å². The number of nitrogens with zero attached hydrogens (tertiary/aromatic N) is 1. The number of amides is 1. The lowest BCUT2D eigenvalue weighted by Gasteiger charge is -2.30. The first-order chi connectivity index (χ1) is 12.0. The highest BCUT2D eigenvalue weighted by molar-refractivity contribution is 5.99. The molecular weight excluding hydrogens is 316 g/mol. The van der Waals surface area contributed by atoms with E-state index < -0.39 is 5.97 Å². The van der Waals surface area contributed by atoms with Gasteiger partial charge in [-0.25, -0.2) is 0 Å². The van der Waals surface area contributed by atoms with E-state index in [-0.39, 0.29) is 11.8 Å². The first-order valence-corrected chi connectivity index (χ1v) is 9.18. The van der Waals surface area contributed by atoms with E-state index in [1.807, 2.05) is 18.2 Å². The smallest absolute Gasteiger partial charge is 0.306 e. The summed E-state index contributed by atoms with van der Waals surface area (Å²) in [5.74, 6) is -0.364. The van der Waals surface area contributed by atoms with Crippen LogP contribution in [0.15, 0.2) is 18.2 Å². The summed E-state index contributed by atoms with van der Waals surface area (Å²) < 4.78 is 0. The van der Waals surface area contributed by atoms with E-state index in [9.17, 15) is 9.59 Å². The second kappa shape index (κ2) is 6.21. The lowest BCUT2D eigenvalue weighted by molar-refractivity contribution is -0.143. The van der Waals surface area contributed by atoms with Crippen LogP contribution in [-0.4, -0.2) is 40.0 Å². The Morgan fingerprint density at radius 2 is 1.96 bits per heavy atom. The fourth-order valence-electron chi connectivity index (χ4n) is 4.24. The molecule has 0 radical (unpaired) electrons. The standard InChI is InChI=1S/C20H24N2O3/c1-12-2-4-17-15(10-12)16-11-14(3-5-18(16)21-17)19(23)22-8-6-13(7-9-22)20(24)25/h3,5,11-13,21H,2,4,6-10H2,1H3,(H,24,25)/t12-/m1/s1. The van der Waals surface area contributed by atoms with E-state index in [1.54, 1.807) is 4.90 Å². The van der Waals surface area contributed by atoms with Gasteiger partial charge in [0.25, 0.3) is 5.91 Å². The number of aliphatic carboxylic acids is 1. The van der Waals surface area contributed by atoms with Gasteiger partial charge in [0.1, 0.15) is 0 Å². The molecule has 1 amide bonds. The van der Waals surface area contributed by atoms with Crippen LogP contribution in [0.1, 0.15) is 47.8 Å². The fourth-order valence-corrected chi connectivity index (χ4v) is 4.24. The Morgan fingerprint density at radius 1 is 1.20 bits per heavy atom. The summed E-state index contributed by atoms with van der Waals surface area (Å²) in [4.78, 5) is 29.2. The number of hydrogen-bond acceptors (Lipinski definition) is 2. The maximum Gasteiger partial charge on any atom is 0.306 e. The molecule has 5 heteroatoms. The predicted octanol–water partition coefficient (Wildman–Crippen LogP) is 3.23. The average molecular weight is 340 g/mol. The molecule has 1 aliphatic carbocycles. The number of carbonyl (C=O) groups excluding carboxylic acids is 1. The molecule has 1 saturated heterocycles. The average Bonchev–Trinajstić information content (AvgIpc) is 2.98. The topological polar surface area (TPSA) is 73.4 Å². The number of carboxylic acid groups (broad SMARTS) is 1. The van der Waals surface area contributed by atoms with Gasteiger partial charge >= 0.3 is 5.97 Å². The summed E-state index contributed by atoms with van der Waals surface area (Å²) in [7, 11) is 0. The van der Waals surface area contributed by atoms with E-state index in [4.69, 9.17) is 5.11 Å². The lowest BCUT2D eigenvalue weighted by Crippen LogP contribution is -2.40.